The number of rotatable bonds is 14. The second-order valence-corrected chi connectivity index (χ2v) is 25.0. The van der Waals surface area contributed by atoms with Crippen molar-refractivity contribution in [3.8, 4) is 23.5 Å². The summed E-state index contributed by atoms with van der Waals surface area (Å²) in [6, 6.07) is 24.3. The van der Waals surface area contributed by atoms with Gasteiger partial charge in [0.2, 0.25) is 11.8 Å². The fraction of sp³-hybridized carbons (Fsp3) is 0.435. The molecule has 19 nitrogen and oxygen atoms in total. The Morgan fingerprint density at radius 1 is 0.610 bits per heavy atom. The number of anilines is 4. The van der Waals surface area contributed by atoms with Crippen LogP contribution in [0.2, 0.25) is 0 Å². The number of piperazine rings is 2. The summed E-state index contributed by atoms with van der Waals surface area (Å²) in [6.45, 7) is 23.0. The quantitative estimate of drug-likeness (QED) is 0.0993. The number of fused-ring (bicyclic) bond motifs is 4. The highest BCUT2D eigenvalue weighted by atomic mass is 32.2. The van der Waals surface area contributed by atoms with Gasteiger partial charge in [-0.15, -0.1) is 0 Å². The van der Waals surface area contributed by atoms with Crippen molar-refractivity contribution in [1.82, 2.24) is 39.5 Å². The summed E-state index contributed by atoms with van der Waals surface area (Å²) >= 11 is 0. The number of benzene rings is 4. The van der Waals surface area contributed by atoms with Gasteiger partial charge >= 0.3 is 12.0 Å². The number of amides is 2. The molecule has 4 saturated heterocycles. The Hall–Kier alpha value is -7.68. The van der Waals surface area contributed by atoms with E-state index in [2.05, 4.69) is 67.5 Å². The molecule has 8 heterocycles. The molecule has 0 radical (unpaired) electrons. The molecular weight excluding hydrogens is 1060 g/mol. The first-order valence-corrected chi connectivity index (χ1v) is 31.0. The van der Waals surface area contributed by atoms with Gasteiger partial charge in [0.15, 0.2) is 0 Å². The zero-order chi connectivity index (χ0) is 56.9. The van der Waals surface area contributed by atoms with Crippen molar-refractivity contribution in [2.24, 2.45) is 0 Å². The smallest absolute Gasteiger partial charge is 0.318 e. The summed E-state index contributed by atoms with van der Waals surface area (Å²) in [5, 5.41) is 25.1. The fourth-order valence-corrected chi connectivity index (χ4v) is 13.7. The van der Waals surface area contributed by atoms with Crippen molar-refractivity contribution in [2.45, 2.75) is 51.8 Å². The first kappa shape index (κ1) is 56.2. The molecule has 4 aromatic carbocycles. The maximum atomic E-state index is 12.2. The number of carbonyl (C=O) groups excluding carboxylic acids is 2. The Balaban J connectivity index is 0.000000172. The molecule has 20 heteroatoms. The summed E-state index contributed by atoms with van der Waals surface area (Å²) in [5.74, 6) is 7.29. The molecule has 82 heavy (non-hydrogen) atoms. The first-order chi connectivity index (χ1) is 39.8. The van der Waals surface area contributed by atoms with Crippen molar-refractivity contribution >= 4 is 71.8 Å². The van der Waals surface area contributed by atoms with Crippen LogP contribution in [0.25, 0.3) is 21.5 Å². The van der Waals surface area contributed by atoms with Crippen LogP contribution >= 0.6 is 0 Å². The lowest BCUT2D eigenvalue weighted by Gasteiger charge is -2.38. The molecule has 0 spiro atoms. The maximum absolute atomic E-state index is 12.2. The fourth-order valence-electron chi connectivity index (χ4n) is 12.3. The van der Waals surface area contributed by atoms with E-state index < -0.39 is 9.52 Å². The van der Waals surface area contributed by atoms with Crippen LogP contribution in [0.4, 0.5) is 23.0 Å². The Labute approximate surface area is 481 Å². The highest BCUT2D eigenvalue weighted by molar-refractivity contribution is 8.00. The third-order valence-corrected chi connectivity index (χ3v) is 18.6. The Morgan fingerprint density at radius 2 is 1.09 bits per heavy atom. The molecule has 432 valence electrons. The highest BCUT2D eigenvalue weighted by Crippen LogP contribution is 2.39. The average molecular weight is 1130 g/mol. The molecule has 6 aliphatic heterocycles. The summed E-state index contributed by atoms with van der Waals surface area (Å²) < 4.78 is 24.7. The van der Waals surface area contributed by atoms with Crippen molar-refractivity contribution < 1.29 is 33.5 Å². The van der Waals surface area contributed by atoms with Crippen molar-refractivity contribution in [1.29, 1.82) is 0 Å². The van der Waals surface area contributed by atoms with Gasteiger partial charge in [-0.3, -0.25) is 23.6 Å². The van der Waals surface area contributed by atoms with Crippen LogP contribution in [-0.4, -0.2) is 201 Å². The van der Waals surface area contributed by atoms with E-state index in [1.165, 1.54) is 25.0 Å². The molecular formula is C62H76N12O7S. The molecule has 2 amide bonds. The largest absolute Gasteiger partial charge is 0.508 e. The molecule has 2 aromatic heterocycles. The molecule has 6 aliphatic rings. The summed E-state index contributed by atoms with van der Waals surface area (Å²) in [5.41, 5.74) is 6.09. The number of likely N-dealkylation sites (tertiary alicyclic amines) is 1. The van der Waals surface area contributed by atoms with E-state index >= 15 is 0 Å². The third-order valence-electron chi connectivity index (χ3n) is 16.7. The number of phenols is 2. The van der Waals surface area contributed by atoms with Crippen LogP contribution in [-0.2, 0) is 45.0 Å². The predicted molar refractivity (Wildman–Crippen MR) is 325 cm³/mol. The molecule has 12 rings (SSSR count). The van der Waals surface area contributed by atoms with Crippen molar-refractivity contribution in [2.75, 3.05) is 142 Å². The van der Waals surface area contributed by atoms with Crippen LogP contribution in [0.3, 0.4) is 0 Å². The normalized spacial score (nSPS) is 18.8. The average Bonchev–Trinajstić information content (AvgIpc) is 4.03. The molecule has 0 bridgehead atoms. The Bertz CT molecular complexity index is 3440. The second-order valence-electron chi connectivity index (χ2n) is 22.3. The minimum atomic E-state index is -1.94. The topological polar surface area (TPSA) is 188 Å². The highest BCUT2D eigenvalue weighted by Gasteiger charge is 2.32. The van der Waals surface area contributed by atoms with Crippen molar-refractivity contribution in [3.05, 3.63) is 121 Å². The standard InChI is InChI=1S/C31H38N6O4S.C31H38N6O3/c1-3-29(39)35-10-12-36(13-11-35)30-26-8-9-37(28-21-24(38)20-23-6-4-5-7-25(23)28)22-27(26)32-31(33-30)41-17-14-34-15-18-42(2,40)19-16-34;1-3-29(39)35-14-16-36(17-15-35)30-26-10-13-37(28-19-24(38)18-23-8-4-5-9-25(23)28)21-27(26)32-31(33-30)40-22(2)20-34-11-6-7-12-34/h3-7,20-21,38H,1-2,8-19,22H2;3-5,8-9,18-19,22,38H,1,6-7,10-17,20-21H2,2H3/t;22-/m.1/s1. The lowest BCUT2D eigenvalue weighted by atomic mass is 10.0. The van der Waals surface area contributed by atoms with Gasteiger partial charge in [-0.2, -0.15) is 19.9 Å². The molecule has 0 unspecified atom stereocenters. The molecule has 6 aromatic rings. The van der Waals surface area contributed by atoms with Crippen molar-refractivity contribution in [3.63, 3.8) is 0 Å². The summed E-state index contributed by atoms with van der Waals surface area (Å²) in [6.07, 6.45) is 6.74. The molecule has 4 fully saturated rings. The van der Waals surface area contributed by atoms with E-state index in [1.807, 2.05) is 64.4 Å². The number of ether oxygens (including phenoxy) is 2. The zero-order valence-corrected chi connectivity index (χ0v) is 48.0. The van der Waals surface area contributed by atoms with Crippen LogP contribution in [0, 0.1) is 0 Å². The van der Waals surface area contributed by atoms with Gasteiger partial charge in [-0.1, -0.05) is 61.7 Å². The van der Waals surface area contributed by atoms with Crippen LogP contribution in [0.5, 0.6) is 23.5 Å². The van der Waals surface area contributed by atoms with Gasteiger partial charge in [0, 0.05) is 149 Å². The number of aromatic nitrogens is 4. The Kier molecular flexibility index (Phi) is 17.0. The van der Waals surface area contributed by atoms with Crippen LogP contribution in [0.1, 0.15) is 42.3 Å². The minimum absolute atomic E-state index is 0.0271. The van der Waals surface area contributed by atoms with E-state index in [0.717, 1.165) is 126 Å². The molecule has 0 aliphatic carbocycles. The zero-order valence-electron chi connectivity index (χ0n) is 47.2. The van der Waals surface area contributed by atoms with E-state index in [4.69, 9.17) is 29.4 Å². The van der Waals surface area contributed by atoms with Gasteiger partial charge < -0.3 is 49.1 Å². The first-order valence-electron chi connectivity index (χ1n) is 28.9. The van der Waals surface area contributed by atoms with Gasteiger partial charge in [0.1, 0.15) is 35.8 Å². The SMILES string of the molecule is C=CC(=O)N1CCN(c2nc(OCCN3CCS(=C)(=O)CC3)nc3c2CCN(c2cc(O)cc4ccccc24)C3)CC1.C=CC(=O)N1CCN(c2nc(O[C@H](C)CN3CCCC3)nc3c2CCN(c2cc(O)cc4ccccc24)C3)CC1. The van der Waals surface area contributed by atoms with E-state index in [1.54, 1.807) is 6.07 Å². The van der Waals surface area contributed by atoms with E-state index in [0.29, 0.717) is 102 Å². The number of carbonyl (C=O) groups is 2. The maximum Gasteiger partial charge on any atom is 0.318 e. The van der Waals surface area contributed by atoms with Gasteiger partial charge in [-0.05, 0) is 96.1 Å². The van der Waals surface area contributed by atoms with Crippen LogP contribution in [0.15, 0.2) is 98.1 Å². The number of hydrogen-bond donors (Lipinski definition) is 2. The molecule has 1 atom stereocenters. The van der Waals surface area contributed by atoms with Gasteiger partial charge in [0.25, 0.3) is 0 Å². The summed E-state index contributed by atoms with van der Waals surface area (Å²) in [4.78, 5) is 61.4. The van der Waals surface area contributed by atoms with E-state index in [9.17, 15) is 24.0 Å². The van der Waals surface area contributed by atoms with E-state index in [-0.39, 0.29) is 29.4 Å². The van der Waals surface area contributed by atoms with Crippen LogP contribution < -0.4 is 29.1 Å². The number of aromatic hydroxyl groups is 2. The number of hydrogen-bond acceptors (Lipinski definition) is 17. The predicted octanol–water partition coefficient (Wildman–Crippen LogP) is 5.74. The van der Waals surface area contributed by atoms with Gasteiger partial charge in [-0.25, -0.2) is 0 Å². The Morgan fingerprint density at radius 3 is 1.59 bits per heavy atom. The lowest BCUT2D eigenvalue weighted by Crippen LogP contribution is -2.49. The number of nitrogens with zero attached hydrogens (tertiary/aromatic N) is 12. The second kappa shape index (κ2) is 24.8. The monoisotopic (exact) mass is 1130 g/mol. The number of phenolic OH excluding ortho intramolecular Hbond substituents is 2. The lowest BCUT2D eigenvalue weighted by molar-refractivity contribution is -0.127. The molecule has 2 N–H and O–H groups in total. The minimum Gasteiger partial charge on any atom is -0.508 e. The summed E-state index contributed by atoms with van der Waals surface area (Å²) in [7, 11) is -1.94. The third kappa shape index (κ3) is 12.8. The molecule has 0 saturated carbocycles. The van der Waals surface area contributed by atoms with Gasteiger partial charge in [0.05, 0.1) is 24.5 Å².